The summed E-state index contributed by atoms with van der Waals surface area (Å²) in [6.45, 7) is -2.35. The van der Waals surface area contributed by atoms with E-state index in [-0.39, 0.29) is 5.69 Å². The van der Waals surface area contributed by atoms with E-state index in [9.17, 15) is 10.1 Å². The highest BCUT2D eigenvalue weighted by atomic mass is 31.2. The van der Waals surface area contributed by atoms with Crippen LogP contribution in [0.25, 0.3) is 11.1 Å². The summed E-state index contributed by atoms with van der Waals surface area (Å²) in [7, 11) is 0. The Bertz CT molecular complexity index is 1940. The molecule has 0 atom stereocenters. The van der Waals surface area contributed by atoms with Gasteiger partial charge in [0.25, 0.3) is 5.69 Å². The molecule has 0 fully saturated rings. The second-order valence-electron chi connectivity index (χ2n) is 10.3. The molecule has 7 rings (SSSR count). The smallest absolute Gasteiger partial charge is 0.258 e. The van der Waals surface area contributed by atoms with Gasteiger partial charge >= 0.3 is 0 Å². The summed E-state index contributed by atoms with van der Waals surface area (Å²) in [6.07, 6.45) is 0. The quantitative estimate of drug-likeness (QED) is 0.0863. The average Bonchev–Trinajstić information content (AvgIpc) is 3.40. The molecule has 0 radical (unpaired) electrons. The Hall–Kier alpha value is -5.38. The van der Waals surface area contributed by atoms with Gasteiger partial charge in [-0.1, -0.05) is 121 Å². The van der Waals surface area contributed by atoms with Gasteiger partial charge in [-0.05, 0) is 69.3 Å². The zero-order valence-electron chi connectivity index (χ0n) is 23.1. The van der Waals surface area contributed by atoms with Crippen LogP contribution < -0.4 is 15.9 Å². The molecule has 6 aromatic rings. The lowest BCUT2D eigenvalue weighted by atomic mass is 10.1. The van der Waals surface area contributed by atoms with Crippen LogP contribution in [-0.2, 0) is 0 Å². The molecule has 43 heavy (non-hydrogen) atoms. The number of hydrogen-bond acceptors (Lipinski definition) is 4. The number of fused-ring (bicyclic) bond motifs is 3. The summed E-state index contributed by atoms with van der Waals surface area (Å²) < 4.78 is 0. The SMILES string of the molecule is O=[N+]([O-])c1ccc(N=Nc2ccc3c(c2)-c2ccccc2C3=P(c2ccccc2)(c2ccccc2)c2ccccc2)cc1. The summed E-state index contributed by atoms with van der Waals surface area (Å²) in [6, 6.07) is 53.7. The molecule has 0 saturated heterocycles. The van der Waals surface area contributed by atoms with E-state index in [0.29, 0.717) is 5.69 Å². The average molecular weight is 576 g/mol. The van der Waals surface area contributed by atoms with Gasteiger partial charge in [0.15, 0.2) is 0 Å². The number of hydrogen-bond donors (Lipinski definition) is 0. The summed E-state index contributed by atoms with van der Waals surface area (Å²) in [5.74, 6) is 0. The first kappa shape index (κ1) is 26.5. The number of rotatable bonds is 6. The van der Waals surface area contributed by atoms with Crippen molar-refractivity contribution in [2.75, 3.05) is 0 Å². The molecule has 0 unspecified atom stereocenters. The second-order valence-corrected chi connectivity index (χ2v) is 13.6. The summed E-state index contributed by atoms with van der Waals surface area (Å²) in [5, 5.41) is 25.1. The molecule has 5 nitrogen and oxygen atoms in total. The highest BCUT2D eigenvalue weighted by Gasteiger charge is 2.36. The van der Waals surface area contributed by atoms with Gasteiger partial charge in [0.1, 0.15) is 0 Å². The predicted molar refractivity (Wildman–Crippen MR) is 178 cm³/mol. The van der Waals surface area contributed by atoms with Crippen LogP contribution >= 0.6 is 6.89 Å². The van der Waals surface area contributed by atoms with Gasteiger partial charge in [-0.3, -0.25) is 10.1 Å². The van der Waals surface area contributed by atoms with E-state index in [0.717, 1.165) is 11.3 Å². The molecule has 0 aromatic heterocycles. The van der Waals surface area contributed by atoms with Gasteiger partial charge < -0.3 is 0 Å². The zero-order valence-corrected chi connectivity index (χ0v) is 24.0. The highest BCUT2D eigenvalue weighted by Crippen LogP contribution is 2.54. The van der Waals surface area contributed by atoms with E-state index in [2.05, 4.69) is 138 Å². The molecule has 0 heterocycles. The lowest BCUT2D eigenvalue weighted by Crippen LogP contribution is -2.30. The predicted octanol–water partition coefficient (Wildman–Crippen LogP) is 8.55. The molecule has 0 amide bonds. The number of nitro groups is 1. The lowest BCUT2D eigenvalue weighted by Gasteiger charge is -2.32. The van der Waals surface area contributed by atoms with E-state index in [4.69, 9.17) is 0 Å². The Kier molecular flexibility index (Phi) is 6.86. The third-order valence-electron chi connectivity index (χ3n) is 7.84. The molecule has 1 aliphatic carbocycles. The van der Waals surface area contributed by atoms with Crippen LogP contribution in [0.15, 0.2) is 168 Å². The molecular weight excluding hydrogens is 549 g/mol. The fraction of sp³-hybridized carbons (Fsp3) is 0. The number of azo groups is 1. The minimum absolute atomic E-state index is 0.0261. The van der Waals surface area contributed by atoms with Gasteiger partial charge in [-0.15, -0.1) is 0 Å². The Labute approximate surface area is 250 Å². The first-order chi connectivity index (χ1) is 21.2. The van der Waals surface area contributed by atoms with Crippen molar-refractivity contribution in [3.63, 3.8) is 0 Å². The van der Waals surface area contributed by atoms with Crippen molar-refractivity contribution < 1.29 is 4.92 Å². The number of non-ortho nitro benzene ring substituents is 1. The van der Waals surface area contributed by atoms with Crippen molar-refractivity contribution in [2.24, 2.45) is 10.2 Å². The topological polar surface area (TPSA) is 67.9 Å². The molecule has 0 bridgehead atoms. The van der Waals surface area contributed by atoms with Crippen molar-refractivity contribution in [3.8, 4) is 11.1 Å². The van der Waals surface area contributed by atoms with Gasteiger partial charge in [-0.2, -0.15) is 10.2 Å². The molecular formula is C37H26N3O2P. The molecule has 1 aliphatic rings. The van der Waals surface area contributed by atoms with Crippen LogP contribution in [0.3, 0.4) is 0 Å². The van der Waals surface area contributed by atoms with Crippen LogP contribution in [-0.4, -0.2) is 10.2 Å². The van der Waals surface area contributed by atoms with Crippen molar-refractivity contribution in [1.82, 2.24) is 0 Å². The largest absolute Gasteiger partial charge is 0.269 e. The van der Waals surface area contributed by atoms with E-state index in [1.165, 1.54) is 50.0 Å². The van der Waals surface area contributed by atoms with Gasteiger partial charge in [-0.25, -0.2) is 0 Å². The maximum absolute atomic E-state index is 11.0. The third kappa shape index (κ3) is 4.61. The third-order valence-corrected chi connectivity index (χ3v) is 12.2. The molecule has 0 N–H and O–H groups in total. The van der Waals surface area contributed by atoms with Gasteiger partial charge in [0, 0.05) is 17.4 Å². The van der Waals surface area contributed by atoms with E-state index < -0.39 is 11.8 Å². The van der Waals surface area contributed by atoms with Crippen LogP contribution in [0.5, 0.6) is 0 Å². The van der Waals surface area contributed by atoms with E-state index >= 15 is 0 Å². The zero-order chi connectivity index (χ0) is 29.2. The Morgan fingerprint density at radius 3 is 1.44 bits per heavy atom. The standard InChI is InChI=1S/C37H26N3O2P/c41-40(42)29-23-20-27(21-24-29)38-39-28-22-25-35-36(26-28)33-18-10-11-19-34(33)37(35)43(30-12-4-1-5-13-30,31-14-6-2-7-15-31)32-16-8-3-9-17-32/h1-26H. The second kappa shape index (κ2) is 11.1. The van der Waals surface area contributed by atoms with Crippen LogP contribution in [0.1, 0.15) is 11.1 Å². The summed E-state index contributed by atoms with van der Waals surface area (Å²) in [4.78, 5) is 10.6. The fourth-order valence-corrected chi connectivity index (χ4v) is 10.6. The summed E-state index contributed by atoms with van der Waals surface area (Å²) >= 11 is 0. The molecule has 0 spiro atoms. The monoisotopic (exact) mass is 575 g/mol. The highest BCUT2D eigenvalue weighted by molar-refractivity contribution is 7.96. The Morgan fingerprint density at radius 1 is 0.465 bits per heavy atom. The van der Waals surface area contributed by atoms with Crippen LogP contribution in [0, 0.1) is 10.1 Å². The fourth-order valence-electron chi connectivity index (χ4n) is 6.00. The van der Waals surface area contributed by atoms with Crippen LogP contribution in [0.2, 0.25) is 0 Å². The molecule has 0 saturated carbocycles. The van der Waals surface area contributed by atoms with E-state index in [1.54, 1.807) is 12.1 Å². The van der Waals surface area contributed by atoms with Crippen LogP contribution in [0.4, 0.5) is 17.1 Å². The summed E-state index contributed by atoms with van der Waals surface area (Å²) in [5.41, 5.74) is 6.02. The molecule has 0 aliphatic heterocycles. The van der Waals surface area contributed by atoms with Crippen molar-refractivity contribution in [1.29, 1.82) is 0 Å². The van der Waals surface area contributed by atoms with E-state index in [1.807, 2.05) is 6.07 Å². The Balaban J connectivity index is 1.51. The maximum atomic E-state index is 11.0. The number of nitro benzene ring substituents is 1. The number of benzene rings is 6. The maximum Gasteiger partial charge on any atom is 0.269 e. The minimum atomic E-state index is -2.35. The number of nitrogens with zero attached hydrogens (tertiary/aromatic N) is 3. The first-order valence-electron chi connectivity index (χ1n) is 14.0. The van der Waals surface area contributed by atoms with Crippen molar-refractivity contribution >= 4 is 45.2 Å². The molecule has 6 aromatic carbocycles. The first-order valence-corrected chi connectivity index (χ1v) is 15.8. The van der Waals surface area contributed by atoms with Gasteiger partial charge in [0.05, 0.1) is 16.3 Å². The normalized spacial score (nSPS) is 12.2. The van der Waals surface area contributed by atoms with Gasteiger partial charge in [0.2, 0.25) is 0 Å². The minimum Gasteiger partial charge on any atom is -0.258 e. The molecule has 206 valence electrons. The lowest BCUT2D eigenvalue weighted by molar-refractivity contribution is -0.384. The van der Waals surface area contributed by atoms with Crippen molar-refractivity contribution in [3.05, 3.63) is 179 Å². The Morgan fingerprint density at radius 2 is 0.907 bits per heavy atom. The molecule has 6 heteroatoms. The van der Waals surface area contributed by atoms with Crippen molar-refractivity contribution in [2.45, 2.75) is 0 Å².